The van der Waals surface area contributed by atoms with Gasteiger partial charge in [-0.3, -0.25) is 0 Å². The summed E-state index contributed by atoms with van der Waals surface area (Å²) in [7, 11) is 1.32. The molecule has 0 aliphatic carbocycles. The Kier molecular flexibility index (Phi) is 9.15. The van der Waals surface area contributed by atoms with Gasteiger partial charge in [-0.1, -0.05) is 6.92 Å². The van der Waals surface area contributed by atoms with E-state index in [-0.39, 0.29) is 35.1 Å². The molecule has 2 aromatic rings. The molecule has 0 saturated carbocycles. The lowest BCUT2D eigenvalue weighted by atomic mass is 10.1. The Morgan fingerprint density at radius 3 is 2.25 bits per heavy atom. The number of anilines is 2. The van der Waals surface area contributed by atoms with E-state index >= 15 is 0 Å². The molecule has 32 heavy (non-hydrogen) atoms. The van der Waals surface area contributed by atoms with Crippen LogP contribution < -0.4 is 10.6 Å². The van der Waals surface area contributed by atoms with Gasteiger partial charge in [0.25, 0.3) is 0 Å². The first-order valence-electron chi connectivity index (χ1n) is 10.0. The first-order chi connectivity index (χ1) is 15.3. The maximum absolute atomic E-state index is 12.4. The van der Waals surface area contributed by atoms with Crippen LogP contribution in [0.3, 0.4) is 0 Å². The summed E-state index contributed by atoms with van der Waals surface area (Å²) in [4.78, 5) is 37.8. The van der Waals surface area contributed by atoms with Crippen LogP contribution in [0, 0.1) is 6.92 Å². The molecule has 1 aromatic carbocycles. The highest BCUT2D eigenvalue weighted by Crippen LogP contribution is 2.34. The fourth-order valence-corrected chi connectivity index (χ4v) is 4.46. The van der Waals surface area contributed by atoms with Crippen molar-refractivity contribution >= 4 is 57.3 Å². The van der Waals surface area contributed by atoms with Gasteiger partial charge in [-0.2, -0.15) is 0 Å². The van der Waals surface area contributed by atoms with Crippen LogP contribution in [0.4, 0.5) is 10.7 Å². The van der Waals surface area contributed by atoms with Crippen LogP contribution in [0.15, 0.2) is 18.2 Å². The maximum Gasteiger partial charge on any atom is 0.341 e. The first-order valence-corrected chi connectivity index (χ1v) is 11.3. The van der Waals surface area contributed by atoms with Gasteiger partial charge in [0, 0.05) is 4.88 Å². The lowest BCUT2D eigenvalue weighted by Crippen LogP contribution is -2.22. The summed E-state index contributed by atoms with van der Waals surface area (Å²) in [5, 5.41) is 6.61. The molecule has 0 aliphatic rings. The third kappa shape index (κ3) is 5.83. The minimum absolute atomic E-state index is 0.130. The first kappa shape index (κ1) is 25.3. The quantitative estimate of drug-likeness (QED) is 0.321. The predicted octanol–water partition coefficient (Wildman–Crippen LogP) is 4.57. The van der Waals surface area contributed by atoms with Crippen LogP contribution in [-0.4, -0.2) is 43.3 Å². The van der Waals surface area contributed by atoms with E-state index in [0.29, 0.717) is 17.0 Å². The molecule has 0 radical (unpaired) electrons. The summed E-state index contributed by atoms with van der Waals surface area (Å²) in [6.45, 7) is 7.68. The molecule has 0 atom stereocenters. The number of ether oxygens (including phenoxy) is 3. The van der Waals surface area contributed by atoms with E-state index in [1.54, 1.807) is 13.8 Å². The maximum atomic E-state index is 12.4. The zero-order chi connectivity index (χ0) is 23.8. The Morgan fingerprint density at radius 1 is 1.00 bits per heavy atom. The zero-order valence-electron chi connectivity index (χ0n) is 18.6. The third-order valence-electron chi connectivity index (χ3n) is 4.45. The Bertz CT molecular complexity index is 1030. The molecular weight excluding hydrogens is 452 g/mol. The van der Waals surface area contributed by atoms with Crippen LogP contribution in [0.25, 0.3) is 0 Å². The predicted molar refractivity (Wildman–Crippen MR) is 128 cm³/mol. The number of rotatable bonds is 8. The van der Waals surface area contributed by atoms with Gasteiger partial charge >= 0.3 is 17.9 Å². The van der Waals surface area contributed by atoms with Gasteiger partial charge < -0.3 is 24.8 Å². The van der Waals surface area contributed by atoms with Crippen LogP contribution in [0.1, 0.15) is 62.3 Å². The van der Waals surface area contributed by atoms with Gasteiger partial charge in [0.1, 0.15) is 5.00 Å². The normalized spacial score (nSPS) is 10.3. The summed E-state index contributed by atoms with van der Waals surface area (Å²) in [6.07, 6.45) is 0.656. The molecule has 1 aromatic heterocycles. The molecule has 10 heteroatoms. The van der Waals surface area contributed by atoms with Crippen molar-refractivity contribution in [3.8, 4) is 0 Å². The number of thiocarbonyl (C=S) groups is 1. The molecule has 0 aliphatic heterocycles. The summed E-state index contributed by atoms with van der Waals surface area (Å²) < 4.78 is 15.1. The number of carbonyl (C=O) groups is 3. The topological polar surface area (TPSA) is 103 Å². The molecule has 0 saturated heterocycles. The third-order valence-corrected chi connectivity index (χ3v) is 5.72. The number of nitrogens with one attached hydrogen (secondary N) is 2. The highest BCUT2D eigenvalue weighted by molar-refractivity contribution is 7.80. The van der Waals surface area contributed by atoms with Crippen molar-refractivity contribution in [3.63, 3.8) is 0 Å². The van der Waals surface area contributed by atoms with Crippen LogP contribution in [-0.2, 0) is 20.6 Å². The van der Waals surface area contributed by atoms with Crippen molar-refractivity contribution in [2.45, 2.75) is 34.1 Å². The molecule has 0 bridgehead atoms. The van der Waals surface area contributed by atoms with Gasteiger partial charge in [0.15, 0.2) is 5.11 Å². The molecule has 172 valence electrons. The Hall–Kier alpha value is -2.98. The van der Waals surface area contributed by atoms with Crippen LogP contribution in [0.2, 0.25) is 0 Å². The average molecular weight is 479 g/mol. The van der Waals surface area contributed by atoms with E-state index in [9.17, 15) is 14.4 Å². The van der Waals surface area contributed by atoms with Crippen molar-refractivity contribution in [1.29, 1.82) is 0 Å². The minimum atomic E-state index is -0.566. The number of methoxy groups -OCH3 is 1. The van der Waals surface area contributed by atoms with Crippen molar-refractivity contribution in [1.82, 2.24) is 0 Å². The number of thiophene rings is 1. The standard InChI is InChI=1S/C22H26N2O6S2/c1-6-14-12(4)32-18(17(14)21(27)28-5)24-22(31)23-16-11-13(19(25)29-7-2)9-10-15(16)20(26)30-8-3/h9-11H,6-8H2,1-5H3,(H2,23,24,31). The number of hydrogen-bond donors (Lipinski definition) is 2. The fraction of sp³-hybridized carbons (Fsp3) is 0.364. The highest BCUT2D eigenvalue weighted by atomic mass is 32.1. The summed E-state index contributed by atoms with van der Waals surface area (Å²) in [5.74, 6) is -1.56. The van der Waals surface area contributed by atoms with E-state index < -0.39 is 17.9 Å². The second-order valence-electron chi connectivity index (χ2n) is 6.47. The van der Waals surface area contributed by atoms with E-state index in [2.05, 4.69) is 10.6 Å². The van der Waals surface area contributed by atoms with Gasteiger partial charge in [0.05, 0.1) is 42.7 Å². The molecule has 0 fully saturated rings. The van der Waals surface area contributed by atoms with E-state index in [0.717, 1.165) is 10.4 Å². The average Bonchev–Trinajstić information content (AvgIpc) is 3.07. The Morgan fingerprint density at radius 2 is 1.66 bits per heavy atom. The second kappa shape index (κ2) is 11.6. The summed E-state index contributed by atoms with van der Waals surface area (Å²) >= 11 is 6.80. The Labute approximate surface area is 196 Å². The van der Waals surface area contributed by atoms with Crippen molar-refractivity contribution < 1.29 is 28.6 Å². The van der Waals surface area contributed by atoms with Gasteiger partial charge in [-0.15, -0.1) is 11.3 Å². The SMILES string of the molecule is CCOC(=O)c1ccc(C(=O)OCC)c(NC(=S)Nc2sc(C)c(CC)c2C(=O)OC)c1. The van der Waals surface area contributed by atoms with E-state index in [1.165, 1.54) is 36.6 Å². The molecule has 1 heterocycles. The smallest absolute Gasteiger partial charge is 0.341 e. The lowest BCUT2D eigenvalue weighted by Gasteiger charge is -2.15. The number of aryl methyl sites for hydroxylation is 1. The van der Waals surface area contributed by atoms with E-state index in [4.69, 9.17) is 26.4 Å². The van der Waals surface area contributed by atoms with Crippen LogP contribution >= 0.6 is 23.6 Å². The monoisotopic (exact) mass is 478 g/mol. The molecule has 0 spiro atoms. The number of esters is 3. The number of carbonyl (C=O) groups excluding carboxylic acids is 3. The second-order valence-corrected chi connectivity index (χ2v) is 8.10. The lowest BCUT2D eigenvalue weighted by molar-refractivity contribution is 0.0512. The summed E-state index contributed by atoms with van der Waals surface area (Å²) in [5.41, 5.74) is 2.03. The molecular formula is C22H26N2O6S2. The number of hydrogen-bond acceptors (Lipinski definition) is 8. The summed E-state index contributed by atoms with van der Waals surface area (Å²) in [6, 6.07) is 4.42. The zero-order valence-corrected chi connectivity index (χ0v) is 20.3. The van der Waals surface area contributed by atoms with Gasteiger partial charge in [-0.25, -0.2) is 14.4 Å². The van der Waals surface area contributed by atoms with Crippen LogP contribution in [0.5, 0.6) is 0 Å². The number of benzene rings is 1. The van der Waals surface area contributed by atoms with Crippen molar-refractivity contribution in [2.24, 2.45) is 0 Å². The molecule has 2 N–H and O–H groups in total. The molecule has 0 unspecified atom stereocenters. The van der Waals surface area contributed by atoms with E-state index in [1.807, 2.05) is 13.8 Å². The Balaban J connectivity index is 2.38. The minimum Gasteiger partial charge on any atom is -0.465 e. The highest BCUT2D eigenvalue weighted by Gasteiger charge is 2.23. The van der Waals surface area contributed by atoms with Gasteiger partial charge in [-0.05, 0) is 63.2 Å². The molecule has 8 nitrogen and oxygen atoms in total. The molecule has 2 rings (SSSR count). The van der Waals surface area contributed by atoms with Crippen molar-refractivity contribution in [2.75, 3.05) is 31.0 Å². The largest absolute Gasteiger partial charge is 0.465 e. The van der Waals surface area contributed by atoms with Crippen molar-refractivity contribution in [3.05, 3.63) is 45.3 Å². The van der Waals surface area contributed by atoms with Gasteiger partial charge in [0.2, 0.25) is 0 Å². The molecule has 0 amide bonds. The fourth-order valence-electron chi connectivity index (χ4n) is 3.04.